The third-order valence-electron chi connectivity index (χ3n) is 9.38. The molecule has 0 aliphatic heterocycles. The van der Waals surface area contributed by atoms with E-state index in [4.69, 9.17) is 24.9 Å². The highest BCUT2D eigenvalue weighted by molar-refractivity contribution is 6.14. The molecule has 0 N–H and O–H groups in total. The minimum Gasteiger partial charge on any atom is -0.250 e. The molecule has 0 atom stereocenters. The normalized spacial score (nSPS) is 11.4. The van der Waals surface area contributed by atoms with E-state index in [1.165, 1.54) is 21.5 Å². The molecule has 0 saturated carbocycles. The van der Waals surface area contributed by atoms with Crippen LogP contribution >= 0.6 is 0 Å². The van der Waals surface area contributed by atoms with Crippen LogP contribution in [0.5, 0.6) is 0 Å². The van der Waals surface area contributed by atoms with E-state index in [0.717, 1.165) is 61.4 Å². The summed E-state index contributed by atoms with van der Waals surface area (Å²) in [5.74, 6) is 1.87. The molecule has 0 saturated heterocycles. The second-order valence-corrected chi connectivity index (χ2v) is 12.6. The maximum absolute atomic E-state index is 5.11. The van der Waals surface area contributed by atoms with Crippen molar-refractivity contribution in [2.24, 2.45) is 0 Å². The fourth-order valence-electron chi connectivity index (χ4n) is 6.72. The SMILES string of the molecule is Cc1nc2ccc(-c3cc(-c4nc(-c5ccccc5)nc(-c5ccccc5)n4)cc(-c4cc5ccccc5c5ccccc45)c3)cc2nc1C. The highest BCUT2D eigenvalue weighted by atomic mass is 15.0. The zero-order valence-corrected chi connectivity index (χ0v) is 27.7. The van der Waals surface area contributed by atoms with Gasteiger partial charge >= 0.3 is 0 Å². The monoisotopic (exact) mass is 641 g/mol. The zero-order valence-electron chi connectivity index (χ0n) is 27.7. The Morgan fingerprint density at radius 3 is 1.52 bits per heavy atom. The van der Waals surface area contributed by atoms with Gasteiger partial charge in [0.1, 0.15) is 0 Å². The fraction of sp³-hybridized carbons (Fsp3) is 0.0444. The van der Waals surface area contributed by atoms with Gasteiger partial charge in [-0.25, -0.2) is 24.9 Å². The van der Waals surface area contributed by atoms with Gasteiger partial charge in [-0.15, -0.1) is 0 Å². The maximum Gasteiger partial charge on any atom is 0.164 e. The molecule has 2 aromatic heterocycles. The summed E-state index contributed by atoms with van der Waals surface area (Å²) in [4.78, 5) is 24.8. The summed E-state index contributed by atoms with van der Waals surface area (Å²) in [6, 6.07) is 52.7. The van der Waals surface area contributed by atoms with Gasteiger partial charge in [-0.1, -0.05) is 115 Å². The second-order valence-electron chi connectivity index (χ2n) is 12.6. The summed E-state index contributed by atoms with van der Waals surface area (Å²) < 4.78 is 0. The first kappa shape index (κ1) is 29.5. The van der Waals surface area contributed by atoms with Crippen LogP contribution in [0.4, 0.5) is 0 Å². The lowest BCUT2D eigenvalue weighted by Gasteiger charge is -2.15. The molecule has 7 aromatic carbocycles. The summed E-state index contributed by atoms with van der Waals surface area (Å²) in [6.45, 7) is 4.01. The predicted octanol–water partition coefficient (Wildman–Crippen LogP) is 11.1. The summed E-state index contributed by atoms with van der Waals surface area (Å²) in [5.41, 5.74) is 10.7. The van der Waals surface area contributed by atoms with Crippen molar-refractivity contribution in [3.8, 4) is 56.4 Å². The smallest absolute Gasteiger partial charge is 0.164 e. The Hall–Kier alpha value is -6.59. The van der Waals surface area contributed by atoms with Crippen LogP contribution in [0, 0.1) is 13.8 Å². The van der Waals surface area contributed by atoms with E-state index in [9.17, 15) is 0 Å². The zero-order chi connectivity index (χ0) is 33.6. The van der Waals surface area contributed by atoms with Crippen molar-refractivity contribution in [1.29, 1.82) is 0 Å². The average Bonchev–Trinajstić information content (AvgIpc) is 3.18. The van der Waals surface area contributed by atoms with Crippen LogP contribution in [0.2, 0.25) is 0 Å². The van der Waals surface area contributed by atoms with Crippen molar-refractivity contribution in [3.05, 3.63) is 163 Å². The van der Waals surface area contributed by atoms with Gasteiger partial charge in [0.05, 0.1) is 22.4 Å². The number of hydrogen-bond donors (Lipinski definition) is 0. The Labute approximate surface area is 290 Å². The molecule has 5 nitrogen and oxygen atoms in total. The number of hydrogen-bond acceptors (Lipinski definition) is 5. The molecule has 0 aliphatic rings. The van der Waals surface area contributed by atoms with Crippen LogP contribution in [0.25, 0.3) is 89.0 Å². The molecule has 9 rings (SSSR count). The van der Waals surface area contributed by atoms with E-state index < -0.39 is 0 Å². The second kappa shape index (κ2) is 12.1. The topological polar surface area (TPSA) is 64.5 Å². The van der Waals surface area contributed by atoms with Crippen LogP contribution in [0.15, 0.2) is 152 Å². The highest BCUT2D eigenvalue weighted by Gasteiger charge is 2.17. The van der Waals surface area contributed by atoms with Gasteiger partial charge in [-0.3, -0.25) is 0 Å². The Balaban J connectivity index is 1.32. The summed E-state index contributed by atoms with van der Waals surface area (Å²) >= 11 is 0. The van der Waals surface area contributed by atoms with Crippen LogP contribution in [0.3, 0.4) is 0 Å². The van der Waals surface area contributed by atoms with E-state index in [0.29, 0.717) is 17.5 Å². The Kier molecular flexibility index (Phi) is 7.17. The first-order valence-electron chi connectivity index (χ1n) is 16.8. The van der Waals surface area contributed by atoms with Crippen LogP contribution in [0.1, 0.15) is 11.4 Å². The Morgan fingerprint density at radius 2 is 0.840 bits per heavy atom. The number of aryl methyl sites for hydroxylation is 2. The van der Waals surface area contributed by atoms with Crippen molar-refractivity contribution < 1.29 is 0 Å². The molecule has 0 aliphatic carbocycles. The molecule has 0 fully saturated rings. The van der Waals surface area contributed by atoms with Crippen molar-refractivity contribution in [3.63, 3.8) is 0 Å². The lowest BCUT2D eigenvalue weighted by molar-refractivity contribution is 1.07. The van der Waals surface area contributed by atoms with Crippen molar-refractivity contribution in [2.75, 3.05) is 0 Å². The Morgan fingerprint density at radius 1 is 0.320 bits per heavy atom. The molecular formula is C45H31N5. The van der Waals surface area contributed by atoms with Gasteiger partial charge in [0.2, 0.25) is 0 Å². The standard InChI is InChI=1S/C45H31N5/c1-28-29(2)47-42-27-32(21-22-41(42)46-28)34-23-35(40-26-33-17-9-10-18-37(33)38-19-11-12-20-39(38)40)25-36(24-34)45-49-43(30-13-5-3-6-14-30)48-44(50-45)31-15-7-4-8-16-31/h3-27H,1-2H3. The molecule has 5 heteroatoms. The molecule has 0 amide bonds. The van der Waals surface area contributed by atoms with Crippen molar-refractivity contribution in [2.45, 2.75) is 13.8 Å². The van der Waals surface area contributed by atoms with Crippen LogP contribution in [-0.2, 0) is 0 Å². The first-order valence-corrected chi connectivity index (χ1v) is 16.8. The summed E-state index contributed by atoms with van der Waals surface area (Å²) in [7, 11) is 0. The fourth-order valence-corrected chi connectivity index (χ4v) is 6.72. The van der Waals surface area contributed by atoms with E-state index >= 15 is 0 Å². The average molecular weight is 642 g/mol. The van der Waals surface area contributed by atoms with Gasteiger partial charge in [0.25, 0.3) is 0 Å². The predicted molar refractivity (Wildman–Crippen MR) is 205 cm³/mol. The molecule has 0 bridgehead atoms. The van der Waals surface area contributed by atoms with Gasteiger partial charge in [0.15, 0.2) is 17.5 Å². The van der Waals surface area contributed by atoms with Gasteiger partial charge in [-0.2, -0.15) is 0 Å². The third kappa shape index (κ3) is 5.35. The van der Waals surface area contributed by atoms with Gasteiger partial charge in [-0.05, 0) is 94.0 Å². The van der Waals surface area contributed by atoms with Crippen molar-refractivity contribution in [1.82, 2.24) is 24.9 Å². The minimum atomic E-state index is 0.609. The number of rotatable bonds is 5. The largest absolute Gasteiger partial charge is 0.250 e. The molecule has 236 valence electrons. The van der Waals surface area contributed by atoms with Crippen LogP contribution < -0.4 is 0 Å². The van der Waals surface area contributed by atoms with Crippen LogP contribution in [-0.4, -0.2) is 24.9 Å². The molecule has 50 heavy (non-hydrogen) atoms. The third-order valence-corrected chi connectivity index (χ3v) is 9.38. The molecule has 0 unspecified atom stereocenters. The van der Waals surface area contributed by atoms with E-state index in [1.807, 2.05) is 74.5 Å². The summed E-state index contributed by atoms with van der Waals surface area (Å²) in [5, 5.41) is 4.84. The Bertz CT molecular complexity index is 2660. The quantitative estimate of drug-likeness (QED) is 0.175. The van der Waals surface area contributed by atoms with Gasteiger partial charge in [0, 0.05) is 16.7 Å². The number of benzene rings is 7. The molecule has 9 aromatic rings. The van der Waals surface area contributed by atoms with E-state index in [2.05, 4.69) is 91.0 Å². The number of nitrogens with zero attached hydrogens (tertiary/aromatic N) is 5. The maximum atomic E-state index is 5.11. The summed E-state index contributed by atoms with van der Waals surface area (Å²) in [6.07, 6.45) is 0. The number of fused-ring (bicyclic) bond motifs is 4. The van der Waals surface area contributed by atoms with E-state index in [1.54, 1.807) is 0 Å². The lowest BCUT2D eigenvalue weighted by Crippen LogP contribution is -2.00. The molecule has 0 spiro atoms. The number of aromatic nitrogens is 5. The minimum absolute atomic E-state index is 0.609. The molecule has 2 heterocycles. The highest BCUT2D eigenvalue weighted by Crippen LogP contribution is 2.39. The molecular weight excluding hydrogens is 611 g/mol. The molecule has 0 radical (unpaired) electrons. The van der Waals surface area contributed by atoms with Crippen molar-refractivity contribution >= 4 is 32.6 Å². The van der Waals surface area contributed by atoms with E-state index in [-0.39, 0.29) is 0 Å². The lowest BCUT2D eigenvalue weighted by atomic mass is 9.90. The first-order chi connectivity index (χ1) is 24.6. The van der Waals surface area contributed by atoms with Gasteiger partial charge < -0.3 is 0 Å².